The van der Waals surface area contributed by atoms with Gasteiger partial charge in [0, 0.05) is 31.6 Å². The average molecular weight is 432 g/mol. The van der Waals surface area contributed by atoms with Gasteiger partial charge in [0.1, 0.15) is 5.75 Å². The molecule has 1 heterocycles. The molecule has 1 fully saturated rings. The zero-order valence-corrected chi connectivity index (χ0v) is 16.8. The largest absolute Gasteiger partial charge is 0.573 e. The average Bonchev–Trinajstić information content (AvgIpc) is 2.76. The third-order valence-corrected chi connectivity index (χ3v) is 5.02. The number of carbonyl (C=O) groups excluding carboxylic acids is 2. The molecule has 1 aliphatic rings. The lowest BCUT2D eigenvalue weighted by atomic mass is 9.95. The van der Waals surface area contributed by atoms with Crippen LogP contribution in [0.1, 0.15) is 24.0 Å². The Hall–Kier alpha value is -3.29. The zero-order valence-electron chi connectivity index (χ0n) is 16.8. The van der Waals surface area contributed by atoms with E-state index in [4.69, 9.17) is 0 Å². The van der Waals surface area contributed by atoms with Crippen LogP contribution in [0.3, 0.4) is 0 Å². The van der Waals surface area contributed by atoms with Crippen molar-refractivity contribution in [3.8, 4) is 5.75 Å². The molecule has 0 saturated carbocycles. The van der Waals surface area contributed by atoms with Gasteiger partial charge in [-0.3, -0.25) is 9.59 Å². The van der Waals surface area contributed by atoms with Crippen LogP contribution < -0.4 is 10.1 Å². The van der Waals surface area contributed by atoms with E-state index in [0.29, 0.717) is 31.5 Å². The van der Waals surface area contributed by atoms with Crippen molar-refractivity contribution in [2.24, 2.45) is 5.92 Å². The second-order valence-corrected chi connectivity index (χ2v) is 7.25. The van der Waals surface area contributed by atoms with Crippen LogP contribution in [0.15, 0.2) is 60.7 Å². The van der Waals surface area contributed by atoms with Crippen LogP contribution in [0.5, 0.6) is 5.75 Å². The lowest BCUT2D eigenvalue weighted by molar-refractivity contribution is -0.274. The highest BCUT2D eigenvalue weighted by atomic mass is 19.4. The van der Waals surface area contributed by atoms with Crippen LogP contribution in [0.25, 0.3) is 6.08 Å². The fraction of sp³-hybridized carbons (Fsp3) is 0.304. The molecule has 1 N–H and O–H groups in total. The zero-order chi connectivity index (χ0) is 22.3. The lowest BCUT2D eigenvalue weighted by Crippen LogP contribution is -2.42. The van der Waals surface area contributed by atoms with E-state index in [-0.39, 0.29) is 30.0 Å². The molecule has 2 aromatic carbocycles. The molecule has 1 saturated heterocycles. The smallest absolute Gasteiger partial charge is 0.406 e. The molecule has 2 aromatic rings. The first-order valence-electron chi connectivity index (χ1n) is 9.94. The Morgan fingerprint density at radius 2 is 1.68 bits per heavy atom. The van der Waals surface area contributed by atoms with E-state index >= 15 is 0 Å². The molecule has 0 unspecified atom stereocenters. The number of nitrogens with zero attached hydrogens (tertiary/aromatic N) is 1. The Kier molecular flexibility index (Phi) is 7.33. The topological polar surface area (TPSA) is 58.6 Å². The minimum absolute atomic E-state index is 0.0797. The summed E-state index contributed by atoms with van der Waals surface area (Å²) in [6.07, 6.45) is -0.290. The number of likely N-dealkylation sites (tertiary alicyclic amines) is 1. The van der Waals surface area contributed by atoms with Gasteiger partial charge in [-0.2, -0.15) is 0 Å². The van der Waals surface area contributed by atoms with Crippen LogP contribution in [0.4, 0.5) is 13.2 Å². The predicted molar refractivity (Wildman–Crippen MR) is 110 cm³/mol. The van der Waals surface area contributed by atoms with E-state index < -0.39 is 6.36 Å². The van der Waals surface area contributed by atoms with Crippen molar-refractivity contribution in [3.63, 3.8) is 0 Å². The third kappa shape index (κ3) is 7.16. The summed E-state index contributed by atoms with van der Waals surface area (Å²) in [7, 11) is 0. The minimum atomic E-state index is -4.73. The summed E-state index contributed by atoms with van der Waals surface area (Å²) in [5.41, 5.74) is 1.62. The molecule has 2 amide bonds. The molecule has 0 aliphatic carbocycles. The molecule has 0 atom stereocenters. The maximum absolute atomic E-state index is 12.4. The van der Waals surface area contributed by atoms with Crippen LogP contribution in [-0.2, 0) is 16.1 Å². The molecular weight excluding hydrogens is 409 g/mol. The van der Waals surface area contributed by atoms with Gasteiger partial charge >= 0.3 is 6.36 Å². The Balaban J connectivity index is 1.42. The van der Waals surface area contributed by atoms with E-state index in [1.807, 2.05) is 30.3 Å². The van der Waals surface area contributed by atoms with Gasteiger partial charge in [-0.25, -0.2) is 0 Å². The van der Waals surface area contributed by atoms with E-state index in [9.17, 15) is 22.8 Å². The highest BCUT2D eigenvalue weighted by Gasteiger charge is 2.31. The summed E-state index contributed by atoms with van der Waals surface area (Å²) >= 11 is 0. The molecule has 31 heavy (non-hydrogen) atoms. The summed E-state index contributed by atoms with van der Waals surface area (Å²) < 4.78 is 40.4. The van der Waals surface area contributed by atoms with E-state index in [1.54, 1.807) is 17.1 Å². The number of hydrogen-bond donors (Lipinski definition) is 1. The van der Waals surface area contributed by atoms with Gasteiger partial charge < -0.3 is 15.0 Å². The fourth-order valence-corrected chi connectivity index (χ4v) is 3.34. The highest BCUT2D eigenvalue weighted by Crippen LogP contribution is 2.23. The summed E-state index contributed by atoms with van der Waals surface area (Å²) in [6, 6.07) is 14.9. The monoisotopic (exact) mass is 432 g/mol. The van der Waals surface area contributed by atoms with Gasteiger partial charge in [0.15, 0.2) is 0 Å². The molecule has 3 rings (SSSR count). The number of alkyl halides is 3. The molecular formula is C23H23F3N2O3. The van der Waals surface area contributed by atoms with Crippen LogP contribution in [0.2, 0.25) is 0 Å². The summed E-state index contributed by atoms with van der Waals surface area (Å²) in [5, 5.41) is 2.81. The minimum Gasteiger partial charge on any atom is -0.406 e. The van der Waals surface area contributed by atoms with Crippen LogP contribution in [0, 0.1) is 5.92 Å². The number of ether oxygens (including phenoxy) is 1. The third-order valence-electron chi connectivity index (χ3n) is 5.02. The number of halogens is 3. The predicted octanol–water partition coefficient (Wildman–Crippen LogP) is 4.15. The van der Waals surface area contributed by atoms with Crippen LogP contribution in [-0.4, -0.2) is 36.2 Å². The van der Waals surface area contributed by atoms with Crippen LogP contribution >= 0.6 is 0 Å². The maximum atomic E-state index is 12.4. The number of hydrogen-bond acceptors (Lipinski definition) is 3. The highest BCUT2D eigenvalue weighted by molar-refractivity contribution is 5.92. The SMILES string of the molecule is O=C(NCc1ccc(OC(F)(F)F)cc1)C1CCN(C(=O)/C=C/c2ccccc2)CC1. The number of nitrogens with one attached hydrogen (secondary N) is 1. The number of carbonyl (C=O) groups is 2. The van der Waals surface area contributed by atoms with Gasteiger partial charge in [-0.05, 0) is 42.2 Å². The maximum Gasteiger partial charge on any atom is 0.573 e. The molecule has 0 spiro atoms. The number of benzene rings is 2. The van der Waals surface area contributed by atoms with Gasteiger partial charge in [-0.1, -0.05) is 42.5 Å². The van der Waals surface area contributed by atoms with Crippen molar-refractivity contribution in [2.75, 3.05) is 13.1 Å². The molecule has 0 bridgehead atoms. The van der Waals surface area contributed by atoms with Gasteiger partial charge in [0.2, 0.25) is 11.8 Å². The Morgan fingerprint density at radius 1 is 1.03 bits per heavy atom. The van der Waals surface area contributed by atoms with Crippen molar-refractivity contribution >= 4 is 17.9 Å². The number of rotatable bonds is 6. The van der Waals surface area contributed by atoms with Gasteiger partial charge in [0.05, 0.1) is 0 Å². The Bertz CT molecular complexity index is 904. The van der Waals surface area contributed by atoms with Crippen molar-refractivity contribution in [2.45, 2.75) is 25.7 Å². The molecule has 0 aromatic heterocycles. The second-order valence-electron chi connectivity index (χ2n) is 7.25. The number of piperidine rings is 1. The first kappa shape index (κ1) is 22.4. The molecule has 5 nitrogen and oxygen atoms in total. The first-order valence-corrected chi connectivity index (χ1v) is 9.94. The summed E-state index contributed by atoms with van der Waals surface area (Å²) in [5.74, 6) is -0.706. The standard InChI is InChI=1S/C23H23F3N2O3/c24-23(25,26)31-20-9-6-18(7-10-20)16-27-22(30)19-12-14-28(15-13-19)21(29)11-8-17-4-2-1-3-5-17/h1-11,19H,12-16H2,(H,27,30)/b11-8+. The normalized spacial score (nSPS) is 15.1. The molecule has 164 valence electrons. The van der Waals surface area contributed by atoms with E-state index in [2.05, 4.69) is 10.1 Å². The Morgan fingerprint density at radius 3 is 2.29 bits per heavy atom. The molecule has 1 aliphatic heterocycles. The first-order chi connectivity index (χ1) is 14.8. The van der Waals surface area contributed by atoms with Gasteiger partial charge in [-0.15, -0.1) is 13.2 Å². The van der Waals surface area contributed by atoms with E-state index in [0.717, 1.165) is 5.56 Å². The molecule has 0 radical (unpaired) electrons. The van der Waals surface area contributed by atoms with Crippen molar-refractivity contribution in [1.29, 1.82) is 0 Å². The van der Waals surface area contributed by atoms with Gasteiger partial charge in [0.25, 0.3) is 0 Å². The summed E-state index contributed by atoms with van der Waals surface area (Å²) in [6.45, 7) is 1.21. The van der Waals surface area contributed by atoms with Crippen molar-refractivity contribution in [3.05, 3.63) is 71.8 Å². The van der Waals surface area contributed by atoms with Crippen molar-refractivity contribution < 1.29 is 27.5 Å². The number of amides is 2. The van der Waals surface area contributed by atoms with Crippen molar-refractivity contribution in [1.82, 2.24) is 10.2 Å². The lowest BCUT2D eigenvalue weighted by Gasteiger charge is -2.30. The fourth-order valence-electron chi connectivity index (χ4n) is 3.34. The van der Waals surface area contributed by atoms with E-state index in [1.165, 1.54) is 24.3 Å². The molecule has 8 heteroatoms. The quantitative estimate of drug-likeness (QED) is 0.698. The summed E-state index contributed by atoms with van der Waals surface area (Å²) in [4.78, 5) is 26.5. The Labute approximate surface area is 178 Å². The second kappa shape index (κ2) is 10.1.